The van der Waals surface area contributed by atoms with Gasteiger partial charge in [-0.05, 0) is 137 Å². The van der Waals surface area contributed by atoms with Crippen LogP contribution in [0, 0.1) is 0 Å². The topological polar surface area (TPSA) is 19.7 Å². The molecule has 0 saturated heterocycles. The normalized spacial score (nSPS) is 11.9. The average Bonchev–Trinajstić information content (AvgIpc) is 4.23. The molecule has 0 atom stereocenters. The van der Waals surface area contributed by atoms with Crippen LogP contribution >= 0.6 is 0 Å². The second-order valence-corrected chi connectivity index (χ2v) is 20.1. The van der Waals surface area contributed by atoms with Crippen molar-refractivity contribution in [3.8, 4) is 56.1 Å². The molecule has 4 aromatic heterocycles. The maximum absolute atomic E-state index is 2.44. The molecule has 4 heterocycles. The minimum atomic E-state index is 1.13. The van der Waals surface area contributed by atoms with Crippen LogP contribution in [-0.4, -0.2) is 18.3 Å². The molecule has 0 amide bonds. The van der Waals surface area contributed by atoms with Crippen LogP contribution in [0.3, 0.4) is 0 Å². The number of nitrogens with zero attached hydrogens (tertiary/aromatic N) is 4. The number of rotatable bonds is 7. The molecule has 0 spiro atoms. The first-order chi connectivity index (χ1) is 37.7. The number of fused-ring (bicyclic) bond motifs is 12. The fraction of sp³-hybridized carbons (Fsp3) is 0. The molecule has 4 heteroatoms. The smallest absolute Gasteiger partial charge is 0.0547 e. The Morgan fingerprint density at radius 1 is 0.171 bits per heavy atom. The number of para-hydroxylation sites is 6. The zero-order chi connectivity index (χ0) is 49.8. The SMILES string of the molecule is c1cc(-c2cccc(-n3c4ccccc4c4cc(-c5cccc6c5c5ccccc5n6-c5ccc(-c6ccc(-n7c8ccccc8c8ccccc87)cc6)cc5)ccc43)c2)cc(-n2c3ccccc3c3ccccc32)c1. The fourth-order valence-corrected chi connectivity index (χ4v) is 12.6. The highest BCUT2D eigenvalue weighted by Crippen LogP contribution is 2.42. The van der Waals surface area contributed by atoms with Gasteiger partial charge in [0.1, 0.15) is 0 Å². The molecule has 4 nitrogen and oxygen atoms in total. The summed E-state index contributed by atoms with van der Waals surface area (Å²) in [6.07, 6.45) is 0. The van der Waals surface area contributed by atoms with E-state index in [1.165, 1.54) is 121 Å². The highest BCUT2D eigenvalue weighted by atomic mass is 15.0. The van der Waals surface area contributed by atoms with E-state index in [2.05, 4.69) is 297 Å². The maximum atomic E-state index is 2.44. The highest BCUT2D eigenvalue weighted by Gasteiger charge is 2.20. The molecule has 0 N–H and O–H groups in total. The maximum Gasteiger partial charge on any atom is 0.0547 e. The molecule has 0 aliphatic rings. The summed E-state index contributed by atoms with van der Waals surface area (Å²) in [6, 6.07) is 102. The van der Waals surface area contributed by atoms with Crippen LogP contribution in [-0.2, 0) is 0 Å². The van der Waals surface area contributed by atoms with Gasteiger partial charge in [0.2, 0.25) is 0 Å². The van der Waals surface area contributed by atoms with E-state index in [1.807, 2.05) is 0 Å². The molecule has 0 saturated carbocycles. The van der Waals surface area contributed by atoms with Crippen molar-refractivity contribution in [2.75, 3.05) is 0 Å². The minimum absolute atomic E-state index is 1.13. The lowest BCUT2D eigenvalue weighted by molar-refractivity contribution is 1.17. The van der Waals surface area contributed by atoms with E-state index in [-0.39, 0.29) is 0 Å². The van der Waals surface area contributed by atoms with Crippen LogP contribution in [0.2, 0.25) is 0 Å². The zero-order valence-corrected chi connectivity index (χ0v) is 41.3. The van der Waals surface area contributed by atoms with Gasteiger partial charge in [-0.15, -0.1) is 0 Å². The zero-order valence-electron chi connectivity index (χ0n) is 41.3. The van der Waals surface area contributed by atoms with Gasteiger partial charge in [-0.1, -0.05) is 176 Å². The standard InChI is InChI=1S/C72H46N4/c1-7-27-64-57(20-1)58-21-2-8-28-65(58)73(64)52-39-34-47(35-40-52)48-36-41-53(42-37-48)74-69-32-12-6-25-62(69)72-56(26-15-33-71(72)74)51-38-43-70-63(46-51)61-24-5-11-31-68(61)76(70)55-19-14-17-50(45-55)49-16-13-18-54(44-49)75-66-29-9-3-22-59(66)60-23-4-10-30-67(60)75/h1-46H. The molecule has 0 aliphatic carbocycles. The lowest BCUT2D eigenvalue weighted by atomic mass is 9.98. The summed E-state index contributed by atoms with van der Waals surface area (Å²) >= 11 is 0. The van der Waals surface area contributed by atoms with E-state index in [4.69, 9.17) is 0 Å². The number of aromatic nitrogens is 4. The molecular formula is C72H46N4. The molecule has 76 heavy (non-hydrogen) atoms. The van der Waals surface area contributed by atoms with Crippen LogP contribution in [0.15, 0.2) is 279 Å². The lowest BCUT2D eigenvalue weighted by Crippen LogP contribution is -1.96. The minimum Gasteiger partial charge on any atom is -0.309 e. The first-order valence-corrected chi connectivity index (χ1v) is 26.2. The first kappa shape index (κ1) is 42.4. The lowest BCUT2D eigenvalue weighted by Gasteiger charge is -2.13. The van der Waals surface area contributed by atoms with Gasteiger partial charge in [0.15, 0.2) is 0 Å². The molecule has 0 aliphatic heterocycles. The van der Waals surface area contributed by atoms with Crippen LogP contribution in [0.1, 0.15) is 0 Å². The molecule has 0 radical (unpaired) electrons. The van der Waals surface area contributed by atoms with E-state index < -0.39 is 0 Å². The molecule has 16 aromatic rings. The summed E-state index contributed by atoms with van der Waals surface area (Å²) < 4.78 is 9.63. The summed E-state index contributed by atoms with van der Waals surface area (Å²) in [5.74, 6) is 0. The number of hydrogen-bond acceptors (Lipinski definition) is 0. The van der Waals surface area contributed by atoms with Crippen molar-refractivity contribution in [1.29, 1.82) is 0 Å². The molecule has 12 aromatic carbocycles. The third-order valence-electron chi connectivity index (χ3n) is 16.0. The van der Waals surface area contributed by atoms with Crippen molar-refractivity contribution in [2.24, 2.45) is 0 Å². The Balaban J connectivity index is 0.762. The van der Waals surface area contributed by atoms with Gasteiger partial charge in [0.25, 0.3) is 0 Å². The van der Waals surface area contributed by atoms with E-state index in [0.29, 0.717) is 0 Å². The second-order valence-electron chi connectivity index (χ2n) is 20.1. The molecule has 0 fully saturated rings. The summed E-state index contributed by atoms with van der Waals surface area (Å²) in [7, 11) is 0. The Morgan fingerprint density at radius 2 is 0.500 bits per heavy atom. The van der Waals surface area contributed by atoms with Crippen molar-refractivity contribution in [1.82, 2.24) is 18.3 Å². The van der Waals surface area contributed by atoms with Crippen LogP contribution in [0.25, 0.3) is 143 Å². The number of benzene rings is 12. The molecule has 0 bridgehead atoms. The Bertz CT molecular complexity index is 4880. The largest absolute Gasteiger partial charge is 0.309 e. The summed E-state index contributed by atoms with van der Waals surface area (Å²) in [5.41, 5.74) is 21.3. The third-order valence-corrected chi connectivity index (χ3v) is 16.0. The van der Waals surface area contributed by atoms with Crippen LogP contribution < -0.4 is 0 Å². The monoisotopic (exact) mass is 966 g/mol. The van der Waals surface area contributed by atoms with Crippen LogP contribution in [0.4, 0.5) is 0 Å². The summed E-state index contributed by atoms with van der Waals surface area (Å²) in [4.78, 5) is 0. The molecule has 16 rings (SSSR count). The Hall–Kier alpha value is -10.2. The van der Waals surface area contributed by atoms with Gasteiger partial charge in [-0.3, -0.25) is 0 Å². The molecule has 0 unspecified atom stereocenters. The summed E-state index contributed by atoms with van der Waals surface area (Å²) in [6.45, 7) is 0. The predicted octanol–water partition coefficient (Wildman–Crippen LogP) is 19.1. The Kier molecular flexibility index (Phi) is 9.30. The number of hydrogen-bond donors (Lipinski definition) is 0. The van der Waals surface area contributed by atoms with E-state index >= 15 is 0 Å². The molecular weight excluding hydrogens is 921 g/mol. The Morgan fingerprint density at radius 3 is 0.961 bits per heavy atom. The predicted molar refractivity (Wildman–Crippen MR) is 320 cm³/mol. The van der Waals surface area contributed by atoms with Crippen molar-refractivity contribution >= 4 is 87.2 Å². The van der Waals surface area contributed by atoms with Gasteiger partial charge < -0.3 is 18.3 Å². The van der Waals surface area contributed by atoms with Crippen molar-refractivity contribution in [2.45, 2.75) is 0 Å². The van der Waals surface area contributed by atoms with Crippen molar-refractivity contribution in [3.05, 3.63) is 279 Å². The van der Waals surface area contributed by atoms with Crippen LogP contribution in [0.5, 0.6) is 0 Å². The second kappa shape index (κ2) is 16.7. The van der Waals surface area contributed by atoms with E-state index in [0.717, 1.165) is 22.7 Å². The third kappa shape index (κ3) is 6.38. The first-order valence-electron chi connectivity index (χ1n) is 26.2. The van der Waals surface area contributed by atoms with E-state index in [1.54, 1.807) is 0 Å². The van der Waals surface area contributed by atoms with Gasteiger partial charge >= 0.3 is 0 Å². The van der Waals surface area contributed by atoms with Gasteiger partial charge in [0, 0.05) is 65.8 Å². The van der Waals surface area contributed by atoms with Crippen molar-refractivity contribution < 1.29 is 0 Å². The van der Waals surface area contributed by atoms with Gasteiger partial charge in [-0.25, -0.2) is 0 Å². The van der Waals surface area contributed by atoms with Crippen molar-refractivity contribution in [3.63, 3.8) is 0 Å². The van der Waals surface area contributed by atoms with E-state index in [9.17, 15) is 0 Å². The Labute approximate surface area is 438 Å². The summed E-state index contributed by atoms with van der Waals surface area (Å²) in [5, 5.41) is 10.0. The highest BCUT2D eigenvalue weighted by molar-refractivity contribution is 6.18. The van der Waals surface area contributed by atoms with Gasteiger partial charge in [0.05, 0.1) is 44.1 Å². The fourth-order valence-electron chi connectivity index (χ4n) is 12.6. The quantitative estimate of drug-likeness (QED) is 0.152. The average molecular weight is 967 g/mol. The van der Waals surface area contributed by atoms with Gasteiger partial charge in [-0.2, -0.15) is 0 Å². The molecule has 354 valence electrons.